The number of methoxy groups -OCH3 is 1. The maximum atomic E-state index is 14.9. The van der Waals surface area contributed by atoms with Crippen molar-refractivity contribution in [2.45, 2.75) is 18.9 Å². The third kappa shape index (κ3) is 5.15. The summed E-state index contributed by atoms with van der Waals surface area (Å²) in [4.78, 5) is 27.1. The lowest BCUT2D eigenvalue weighted by molar-refractivity contribution is -0.136. The molecule has 2 N–H and O–H groups in total. The molecule has 2 fully saturated rings. The van der Waals surface area contributed by atoms with Crippen LogP contribution in [0.1, 0.15) is 12.8 Å². The number of halogens is 1. The molecule has 2 aliphatic rings. The summed E-state index contributed by atoms with van der Waals surface area (Å²) in [6.45, 7) is 1.36. The number of hydrogen-bond donors (Lipinski definition) is 2. The van der Waals surface area contributed by atoms with Crippen molar-refractivity contribution in [2.75, 3.05) is 56.2 Å². The number of amides is 2. The van der Waals surface area contributed by atoms with Gasteiger partial charge in [-0.3, -0.25) is 14.7 Å². The highest BCUT2D eigenvalue weighted by Gasteiger charge is 2.33. The predicted octanol–water partition coefficient (Wildman–Crippen LogP) is 1.05. The highest BCUT2D eigenvalue weighted by Crippen LogP contribution is 2.29. The van der Waals surface area contributed by atoms with Crippen LogP contribution in [0.2, 0.25) is 0 Å². The predicted molar refractivity (Wildman–Crippen MR) is 112 cm³/mol. The van der Waals surface area contributed by atoms with E-state index < -0.39 is 24.4 Å². The zero-order valence-electron chi connectivity index (χ0n) is 16.7. The molecule has 0 spiro atoms. The molecule has 2 saturated heterocycles. The van der Waals surface area contributed by atoms with Crippen molar-refractivity contribution in [1.29, 1.82) is 0 Å². The molecule has 0 unspecified atom stereocenters. The number of ether oxygens (including phenoxy) is 2. The molecule has 164 valence electrons. The molecule has 2 aliphatic heterocycles. The molecule has 0 saturated carbocycles. The summed E-state index contributed by atoms with van der Waals surface area (Å²) in [7, 11) is 1.50. The second kappa shape index (κ2) is 10.0. The Hall–Kier alpha value is -2.50. The fourth-order valence-corrected chi connectivity index (χ4v) is 3.57. The lowest BCUT2D eigenvalue weighted by Gasteiger charge is -2.24. The van der Waals surface area contributed by atoms with Gasteiger partial charge in [0, 0.05) is 26.1 Å². The molecule has 0 bridgehead atoms. The first-order chi connectivity index (χ1) is 14.4. The maximum Gasteiger partial charge on any atom is 0.414 e. The lowest BCUT2D eigenvalue weighted by Crippen LogP contribution is -2.45. The maximum absolute atomic E-state index is 14.9. The zero-order valence-corrected chi connectivity index (χ0v) is 17.5. The molecule has 30 heavy (non-hydrogen) atoms. The topological polar surface area (TPSA) is 94.6 Å². The number of anilines is 2. The molecule has 2 amide bonds. The smallest absolute Gasteiger partial charge is 0.414 e. The van der Waals surface area contributed by atoms with Gasteiger partial charge in [0.15, 0.2) is 5.05 Å². The van der Waals surface area contributed by atoms with E-state index in [9.17, 15) is 14.0 Å². The Balaban J connectivity index is 1.64. The standard InChI is InChI=1S/C19H25FN4O5S/c1-28-18(30)5-3-14-11-23(19(27)29-14)13-2-4-16(15(20)10-13)22-7-6-21-24(9-8-22)17(26)12-25/h2,4,10,14,21,25H,3,5-9,11-12H2,1H3/t14-/m0/s1. The summed E-state index contributed by atoms with van der Waals surface area (Å²) in [5.74, 6) is -0.896. The summed E-state index contributed by atoms with van der Waals surface area (Å²) >= 11 is 5.00. The van der Waals surface area contributed by atoms with Gasteiger partial charge in [0.1, 0.15) is 18.5 Å². The minimum atomic E-state index is -0.583. The van der Waals surface area contributed by atoms with Gasteiger partial charge in [-0.15, -0.1) is 0 Å². The summed E-state index contributed by atoms with van der Waals surface area (Å²) in [6.07, 6.45) is 0.191. The number of rotatable bonds is 6. The van der Waals surface area contributed by atoms with Gasteiger partial charge >= 0.3 is 6.09 Å². The minimum absolute atomic E-state index is 0.310. The highest BCUT2D eigenvalue weighted by molar-refractivity contribution is 7.80. The van der Waals surface area contributed by atoms with E-state index in [1.54, 1.807) is 12.1 Å². The molecule has 0 aromatic heterocycles. The lowest BCUT2D eigenvalue weighted by atomic mass is 10.2. The van der Waals surface area contributed by atoms with Gasteiger partial charge in [0.05, 0.1) is 31.6 Å². The van der Waals surface area contributed by atoms with Gasteiger partial charge < -0.3 is 19.5 Å². The van der Waals surface area contributed by atoms with E-state index in [1.165, 1.54) is 23.1 Å². The van der Waals surface area contributed by atoms with Crippen LogP contribution < -0.4 is 15.2 Å². The summed E-state index contributed by atoms with van der Waals surface area (Å²) in [5.41, 5.74) is 3.72. The number of benzene rings is 1. The van der Waals surface area contributed by atoms with E-state index in [2.05, 4.69) is 5.43 Å². The van der Waals surface area contributed by atoms with Crippen molar-refractivity contribution < 1.29 is 28.6 Å². The summed E-state index contributed by atoms with van der Waals surface area (Å²) < 4.78 is 25.2. The number of aliphatic hydroxyl groups is 1. The van der Waals surface area contributed by atoms with E-state index in [4.69, 9.17) is 26.8 Å². The Kier molecular flexibility index (Phi) is 7.40. The molecule has 0 radical (unpaired) electrons. The molecular weight excluding hydrogens is 415 g/mol. The number of carbonyl (C=O) groups is 2. The molecule has 2 heterocycles. The first kappa shape index (κ1) is 22.2. The van der Waals surface area contributed by atoms with Crippen LogP contribution in [0.4, 0.5) is 20.6 Å². The largest absolute Gasteiger partial charge is 0.490 e. The van der Waals surface area contributed by atoms with Crippen LogP contribution in [0.15, 0.2) is 18.2 Å². The zero-order chi connectivity index (χ0) is 21.7. The molecule has 3 rings (SSSR count). The second-order valence-electron chi connectivity index (χ2n) is 6.97. The summed E-state index contributed by atoms with van der Waals surface area (Å²) in [5, 5.41) is 10.8. The number of hydrazine groups is 1. The first-order valence-electron chi connectivity index (χ1n) is 9.67. The van der Waals surface area contributed by atoms with Gasteiger partial charge in [0.25, 0.3) is 5.91 Å². The van der Waals surface area contributed by atoms with Crippen LogP contribution >= 0.6 is 12.2 Å². The van der Waals surface area contributed by atoms with Crippen molar-refractivity contribution in [1.82, 2.24) is 10.4 Å². The first-order valence-corrected chi connectivity index (χ1v) is 10.1. The Labute approximate surface area is 179 Å². The monoisotopic (exact) mass is 440 g/mol. The molecule has 1 atom stereocenters. The molecule has 9 nitrogen and oxygen atoms in total. The third-order valence-electron chi connectivity index (χ3n) is 5.07. The van der Waals surface area contributed by atoms with E-state index >= 15 is 0 Å². The molecule has 1 aromatic carbocycles. The molecule has 11 heteroatoms. The van der Waals surface area contributed by atoms with E-state index in [0.29, 0.717) is 62.0 Å². The fraction of sp³-hybridized carbons (Fsp3) is 0.526. The van der Waals surface area contributed by atoms with Gasteiger partial charge in [-0.05, 0) is 36.8 Å². The molecular formula is C19H25FN4O5S. The number of thiocarbonyl (C=S) groups is 1. The van der Waals surface area contributed by atoms with Crippen LogP contribution in [-0.2, 0) is 14.3 Å². The van der Waals surface area contributed by atoms with Gasteiger partial charge in [-0.2, -0.15) is 0 Å². The quantitative estimate of drug-likeness (QED) is 0.634. The Morgan fingerprint density at radius 3 is 2.90 bits per heavy atom. The highest BCUT2D eigenvalue weighted by atomic mass is 32.1. The van der Waals surface area contributed by atoms with Crippen molar-refractivity contribution in [3.05, 3.63) is 24.0 Å². The molecule has 1 aromatic rings. The average Bonchev–Trinajstić information content (AvgIpc) is 2.96. The van der Waals surface area contributed by atoms with Crippen LogP contribution in [0.25, 0.3) is 0 Å². The summed E-state index contributed by atoms with van der Waals surface area (Å²) in [6, 6.07) is 4.61. The van der Waals surface area contributed by atoms with Crippen molar-refractivity contribution in [2.24, 2.45) is 0 Å². The van der Waals surface area contributed by atoms with Crippen LogP contribution in [0, 0.1) is 5.82 Å². The van der Waals surface area contributed by atoms with E-state index in [-0.39, 0.29) is 6.10 Å². The minimum Gasteiger partial charge on any atom is -0.490 e. The SMILES string of the molecule is COC(=S)CC[C@H]1CN(c2ccc(N3CCNN(C(=O)CO)CC3)c(F)c2)C(=O)O1. The number of carbonyl (C=O) groups excluding carboxylic acids is 2. The van der Waals surface area contributed by atoms with Crippen LogP contribution in [0.5, 0.6) is 0 Å². The Morgan fingerprint density at radius 1 is 1.40 bits per heavy atom. The Bertz CT molecular complexity index is 811. The van der Waals surface area contributed by atoms with E-state index in [0.717, 1.165) is 0 Å². The van der Waals surface area contributed by atoms with Gasteiger partial charge in [-0.1, -0.05) is 0 Å². The van der Waals surface area contributed by atoms with Gasteiger partial charge in [0.2, 0.25) is 0 Å². The normalized spacial score (nSPS) is 19.5. The van der Waals surface area contributed by atoms with Crippen molar-refractivity contribution in [3.63, 3.8) is 0 Å². The number of hydrogen-bond acceptors (Lipinski definition) is 8. The number of aliphatic hydroxyl groups excluding tert-OH is 1. The van der Waals surface area contributed by atoms with E-state index in [1.807, 2.05) is 4.90 Å². The van der Waals surface area contributed by atoms with Crippen LogP contribution in [0.3, 0.4) is 0 Å². The third-order valence-corrected chi connectivity index (χ3v) is 5.44. The fourth-order valence-electron chi connectivity index (χ4n) is 3.45. The Morgan fingerprint density at radius 2 is 2.20 bits per heavy atom. The number of nitrogens with zero attached hydrogens (tertiary/aromatic N) is 3. The van der Waals surface area contributed by atoms with Crippen LogP contribution in [-0.4, -0.2) is 79.7 Å². The second-order valence-corrected chi connectivity index (χ2v) is 7.42. The number of cyclic esters (lactones) is 1. The average molecular weight is 440 g/mol. The molecule has 0 aliphatic carbocycles. The van der Waals surface area contributed by atoms with Crippen molar-refractivity contribution >= 4 is 40.6 Å². The number of nitrogens with one attached hydrogen (secondary N) is 1. The van der Waals surface area contributed by atoms with Crippen molar-refractivity contribution in [3.8, 4) is 0 Å². The van der Waals surface area contributed by atoms with Gasteiger partial charge in [-0.25, -0.2) is 14.6 Å².